The molecule has 2 aromatic rings. The number of para-hydroxylation sites is 1. The van der Waals surface area contributed by atoms with Gasteiger partial charge in [0, 0.05) is 0 Å². The third-order valence-corrected chi connectivity index (χ3v) is 2.18. The summed E-state index contributed by atoms with van der Waals surface area (Å²) in [6.45, 7) is 0. The fraction of sp³-hybridized carbons (Fsp3) is 0. The molecule has 9 heteroatoms. The van der Waals surface area contributed by atoms with Gasteiger partial charge in [0.15, 0.2) is 5.11 Å². The number of thiocarbonyl (C=S) groups is 1. The molecule has 1 heterocycles. The summed E-state index contributed by atoms with van der Waals surface area (Å²) < 4.78 is 5.30. The van der Waals surface area contributed by atoms with Crippen LogP contribution in [-0.2, 0) is 13.1 Å². The predicted molar refractivity (Wildman–Crippen MR) is 81.7 cm³/mol. The second kappa shape index (κ2) is 8.94. The Labute approximate surface area is 134 Å². The standard InChI is InChI=1S/C11H9N3O2S.2ClH.Cu/c12-11(17)14-13-5-7-6-16-9-4-2-1-3-8(9)10(7)15;;;/h1-6H,(H3,12,14,17);2*1H;/q;;;+2/p-2/b13-5+;;;. The first-order valence-corrected chi connectivity index (χ1v) is 8.00. The molecule has 0 spiro atoms. The molecular formula is C11H9Cl2CuN3O2S. The average Bonchev–Trinajstić information content (AvgIpc) is 2.42. The Morgan fingerprint density at radius 2 is 2.10 bits per heavy atom. The molecule has 0 saturated heterocycles. The number of fused-ring (bicyclic) bond motifs is 1. The van der Waals surface area contributed by atoms with Gasteiger partial charge >= 0.3 is 33.3 Å². The Hall–Kier alpha value is -1.11. The number of nitrogens with zero attached hydrogens (tertiary/aromatic N) is 1. The number of hydrogen-bond donors (Lipinski definition) is 2. The molecule has 5 nitrogen and oxygen atoms in total. The van der Waals surface area contributed by atoms with Gasteiger partial charge in [0.1, 0.15) is 11.8 Å². The molecule has 0 unspecified atom stereocenters. The predicted octanol–water partition coefficient (Wildman–Crippen LogP) is 2.34. The topological polar surface area (TPSA) is 80.6 Å². The number of hydrazone groups is 1. The van der Waals surface area contributed by atoms with E-state index in [1.54, 1.807) is 24.3 Å². The zero-order chi connectivity index (χ0) is 15.0. The number of nitrogens with two attached hydrogens (primary N) is 1. The van der Waals surface area contributed by atoms with E-state index < -0.39 is 0 Å². The van der Waals surface area contributed by atoms with Crippen LogP contribution in [0.25, 0.3) is 11.0 Å². The maximum atomic E-state index is 12.0. The summed E-state index contributed by atoms with van der Waals surface area (Å²) in [5.41, 5.74) is 8.27. The van der Waals surface area contributed by atoms with Gasteiger partial charge in [-0.25, -0.2) is 0 Å². The Morgan fingerprint density at radius 3 is 2.75 bits per heavy atom. The van der Waals surface area contributed by atoms with Crippen LogP contribution in [0.1, 0.15) is 5.56 Å². The zero-order valence-corrected chi connectivity index (χ0v) is 13.0. The van der Waals surface area contributed by atoms with Crippen LogP contribution in [0.2, 0.25) is 0 Å². The van der Waals surface area contributed by atoms with Gasteiger partial charge in [-0.1, -0.05) is 12.1 Å². The first-order valence-electron chi connectivity index (χ1n) is 5.00. The van der Waals surface area contributed by atoms with Crippen LogP contribution in [-0.4, -0.2) is 11.3 Å². The summed E-state index contributed by atoms with van der Waals surface area (Å²) in [5.74, 6) is 0. The molecule has 2 rings (SSSR count). The molecule has 0 bridgehead atoms. The van der Waals surface area contributed by atoms with Gasteiger partial charge in [-0.3, -0.25) is 10.2 Å². The van der Waals surface area contributed by atoms with E-state index >= 15 is 0 Å². The van der Waals surface area contributed by atoms with Crippen molar-refractivity contribution in [1.82, 2.24) is 5.43 Å². The molecule has 1 aromatic heterocycles. The van der Waals surface area contributed by atoms with Gasteiger partial charge < -0.3 is 10.2 Å². The van der Waals surface area contributed by atoms with Crippen molar-refractivity contribution < 1.29 is 17.6 Å². The number of benzene rings is 1. The van der Waals surface area contributed by atoms with Crippen LogP contribution >= 0.6 is 32.4 Å². The molecule has 0 aliphatic carbocycles. The normalized spacial score (nSPS) is 10.3. The van der Waals surface area contributed by atoms with Crippen molar-refractivity contribution in [2.24, 2.45) is 10.8 Å². The van der Waals surface area contributed by atoms with E-state index in [1.165, 1.54) is 12.5 Å². The van der Waals surface area contributed by atoms with E-state index in [-0.39, 0.29) is 10.5 Å². The second-order valence-corrected chi connectivity index (χ2v) is 5.29. The van der Waals surface area contributed by atoms with Crippen molar-refractivity contribution in [1.29, 1.82) is 0 Å². The molecule has 111 valence electrons. The fourth-order valence-corrected chi connectivity index (χ4v) is 1.40. The van der Waals surface area contributed by atoms with Crippen LogP contribution in [0, 0.1) is 0 Å². The van der Waals surface area contributed by atoms with Crippen molar-refractivity contribution in [3.8, 4) is 0 Å². The molecule has 0 fully saturated rings. The Balaban J connectivity index is 0.000000612. The number of hydrogen-bond acceptors (Lipinski definition) is 4. The van der Waals surface area contributed by atoms with E-state index in [0.29, 0.717) is 16.5 Å². The Morgan fingerprint density at radius 1 is 1.45 bits per heavy atom. The van der Waals surface area contributed by atoms with Gasteiger partial charge in [0.2, 0.25) is 5.43 Å². The molecule has 0 atom stereocenters. The van der Waals surface area contributed by atoms with Crippen molar-refractivity contribution in [3.05, 3.63) is 46.3 Å². The molecule has 0 amide bonds. The van der Waals surface area contributed by atoms with Crippen LogP contribution in [0.5, 0.6) is 0 Å². The summed E-state index contributed by atoms with van der Waals surface area (Å²) in [6.07, 6.45) is 2.66. The molecule has 0 radical (unpaired) electrons. The van der Waals surface area contributed by atoms with Crippen LogP contribution in [0.3, 0.4) is 0 Å². The fourth-order valence-electron chi connectivity index (χ4n) is 1.35. The summed E-state index contributed by atoms with van der Waals surface area (Å²) in [4.78, 5) is 12.0. The zero-order valence-electron chi connectivity index (χ0n) is 9.77. The number of halogens is 2. The average molecular weight is 382 g/mol. The minimum atomic E-state index is -0.152. The van der Waals surface area contributed by atoms with Crippen molar-refractivity contribution in [3.63, 3.8) is 0 Å². The number of rotatable bonds is 2. The first kappa shape index (κ1) is 16.9. The minimum absolute atomic E-state index is 0.0337. The van der Waals surface area contributed by atoms with Gasteiger partial charge in [-0.15, -0.1) is 0 Å². The van der Waals surface area contributed by atoms with Crippen LogP contribution < -0.4 is 16.6 Å². The summed E-state index contributed by atoms with van der Waals surface area (Å²) in [6, 6.07) is 6.99. The third-order valence-electron chi connectivity index (χ3n) is 2.09. The van der Waals surface area contributed by atoms with Crippen LogP contribution in [0.15, 0.2) is 44.8 Å². The molecule has 0 saturated carbocycles. The van der Waals surface area contributed by atoms with Crippen LogP contribution in [0.4, 0.5) is 0 Å². The van der Waals surface area contributed by atoms with Gasteiger partial charge in [-0.05, 0) is 24.4 Å². The molecule has 20 heavy (non-hydrogen) atoms. The van der Waals surface area contributed by atoms with E-state index in [2.05, 4.69) is 42.9 Å². The monoisotopic (exact) mass is 380 g/mol. The van der Waals surface area contributed by atoms with E-state index in [9.17, 15) is 4.79 Å². The summed E-state index contributed by atoms with van der Waals surface area (Å²) >= 11 is 5.33. The number of nitrogens with one attached hydrogen (secondary N) is 1. The third kappa shape index (κ3) is 5.11. The maximum absolute atomic E-state index is 12.0. The molecule has 1 aromatic carbocycles. The quantitative estimate of drug-likeness (QED) is 0.361. The Kier molecular flexibility index (Phi) is 7.57. The summed E-state index contributed by atoms with van der Waals surface area (Å²) in [5, 5.41) is 4.25. The first-order chi connectivity index (χ1) is 9.60. The van der Waals surface area contributed by atoms with Crippen molar-refractivity contribution in [2.75, 3.05) is 0 Å². The van der Waals surface area contributed by atoms with E-state index in [1.807, 2.05) is 0 Å². The van der Waals surface area contributed by atoms with Gasteiger partial charge in [0.05, 0.1) is 17.2 Å². The van der Waals surface area contributed by atoms with Crippen molar-refractivity contribution >= 4 is 54.7 Å². The van der Waals surface area contributed by atoms with Gasteiger partial charge in [0.25, 0.3) is 0 Å². The molecule has 3 N–H and O–H groups in total. The van der Waals surface area contributed by atoms with Gasteiger partial charge in [-0.2, -0.15) is 5.10 Å². The van der Waals surface area contributed by atoms with E-state index in [4.69, 9.17) is 10.2 Å². The SMILES string of the molecule is NC(=S)N/N=C/c1coc2ccccc2c1=O.[Cl][Cu][Cl]. The summed E-state index contributed by atoms with van der Waals surface area (Å²) in [7, 11) is 9.34. The second-order valence-electron chi connectivity index (χ2n) is 3.29. The van der Waals surface area contributed by atoms with E-state index in [0.717, 1.165) is 13.1 Å². The molecule has 0 aliphatic heterocycles. The van der Waals surface area contributed by atoms with Crippen molar-refractivity contribution in [2.45, 2.75) is 0 Å². The molecule has 0 aliphatic rings. The Bertz CT molecular complexity index is 678. The molecular weight excluding hydrogens is 373 g/mol.